The highest BCUT2D eigenvalue weighted by molar-refractivity contribution is 7.17. The fraction of sp³-hybridized carbons (Fsp3) is 0.211. The number of nitrogens with one attached hydrogen (secondary N) is 2. The van der Waals surface area contributed by atoms with E-state index in [0.717, 1.165) is 12.0 Å². The van der Waals surface area contributed by atoms with Gasteiger partial charge in [0.25, 0.3) is 0 Å². The van der Waals surface area contributed by atoms with Crippen LogP contribution in [0.5, 0.6) is 0 Å². The SMILES string of the molecule is Cc1cc(CNC(=O)NCCc2csc3ccccc23)ccc1F. The molecule has 1 heterocycles. The molecule has 0 fully saturated rings. The van der Waals surface area contributed by atoms with Crippen molar-refractivity contribution in [1.29, 1.82) is 0 Å². The second kappa shape index (κ2) is 7.45. The van der Waals surface area contributed by atoms with E-state index in [4.69, 9.17) is 0 Å². The van der Waals surface area contributed by atoms with Crippen LogP contribution in [0.25, 0.3) is 10.1 Å². The first-order valence-corrected chi connectivity index (χ1v) is 8.73. The van der Waals surface area contributed by atoms with Crippen molar-refractivity contribution in [2.24, 2.45) is 0 Å². The van der Waals surface area contributed by atoms with Crippen LogP contribution >= 0.6 is 11.3 Å². The van der Waals surface area contributed by atoms with Gasteiger partial charge in [0, 0.05) is 17.8 Å². The number of aryl methyl sites for hydroxylation is 1. The van der Waals surface area contributed by atoms with Crippen molar-refractivity contribution in [2.45, 2.75) is 19.9 Å². The Morgan fingerprint density at radius 2 is 2.00 bits per heavy atom. The van der Waals surface area contributed by atoms with E-state index >= 15 is 0 Å². The topological polar surface area (TPSA) is 41.1 Å². The maximum Gasteiger partial charge on any atom is 0.315 e. The number of urea groups is 1. The lowest BCUT2D eigenvalue weighted by Crippen LogP contribution is -2.36. The van der Waals surface area contributed by atoms with Gasteiger partial charge in [0.15, 0.2) is 0 Å². The smallest absolute Gasteiger partial charge is 0.315 e. The molecule has 3 aromatic rings. The van der Waals surface area contributed by atoms with Crippen LogP contribution in [0.2, 0.25) is 0 Å². The van der Waals surface area contributed by atoms with Crippen LogP contribution in [0, 0.1) is 12.7 Å². The summed E-state index contributed by atoms with van der Waals surface area (Å²) in [5.41, 5.74) is 2.72. The zero-order valence-corrected chi connectivity index (χ0v) is 14.3. The molecule has 1 aromatic heterocycles. The number of halogens is 1. The molecular weight excluding hydrogens is 323 g/mol. The van der Waals surface area contributed by atoms with Crippen LogP contribution in [-0.2, 0) is 13.0 Å². The molecule has 24 heavy (non-hydrogen) atoms. The van der Waals surface area contributed by atoms with Gasteiger partial charge >= 0.3 is 6.03 Å². The van der Waals surface area contributed by atoms with E-state index < -0.39 is 0 Å². The number of benzene rings is 2. The zero-order chi connectivity index (χ0) is 16.9. The molecule has 0 aliphatic heterocycles. The van der Waals surface area contributed by atoms with Gasteiger partial charge in [-0.1, -0.05) is 30.3 Å². The first-order chi connectivity index (χ1) is 11.6. The fourth-order valence-electron chi connectivity index (χ4n) is 2.60. The van der Waals surface area contributed by atoms with E-state index in [1.54, 1.807) is 30.4 Å². The number of carbonyl (C=O) groups is 1. The summed E-state index contributed by atoms with van der Waals surface area (Å²) >= 11 is 1.72. The Kier molecular flexibility index (Phi) is 5.11. The van der Waals surface area contributed by atoms with Crippen molar-refractivity contribution >= 4 is 27.5 Å². The second-order valence-electron chi connectivity index (χ2n) is 5.70. The lowest BCUT2D eigenvalue weighted by molar-refractivity contribution is 0.240. The third-order valence-electron chi connectivity index (χ3n) is 3.92. The highest BCUT2D eigenvalue weighted by Crippen LogP contribution is 2.25. The van der Waals surface area contributed by atoms with Gasteiger partial charge in [-0.05, 0) is 52.9 Å². The average Bonchev–Trinajstić information content (AvgIpc) is 2.99. The number of amides is 2. The number of hydrogen-bond acceptors (Lipinski definition) is 2. The number of hydrogen-bond donors (Lipinski definition) is 2. The summed E-state index contributed by atoms with van der Waals surface area (Å²) < 4.78 is 14.5. The maximum absolute atomic E-state index is 13.2. The Morgan fingerprint density at radius 1 is 1.17 bits per heavy atom. The molecule has 2 N–H and O–H groups in total. The molecule has 3 nitrogen and oxygen atoms in total. The lowest BCUT2D eigenvalue weighted by atomic mass is 10.1. The van der Waals surface area contributed by atoms with Gasteiger partial charge in [0.2, 0.25) is 0 Å². The van der Waals surface area contributed by atoms with E-state index in [1.165, 1.54) is 21.7 Å². The minimum absolute atomic E-state index is 0.212. The molecule has 0 saturated carbocycles. The molecule has 0 unspecified atom stereocenters. The minimum Gasteiger partial charge on any atom is -0.338 e. The quantitative estimate of drug-likeness (QED) is 0.709. The zero-order valence-electron chi connectivity index (χ0n) is 13.4. The molecule has 0 radical (unpaired) electrons. The Labute approximate surface area is 144 Å². The molecule has 0 spiro atoms. The fourth-order valence-corrected chi connectivity index (χ4v) is 3.60. The van der Waals surface area contributed by atoms with Crippen LogP contribution in [0.1, 0.15) is 16.7 Å². The Bertz CT molecular complexity index is 859. The third-order valence-corrected chi connectivity index (χ3v) is 4.93. The molecular formula is C19H19FN2OS. The van der Waals surface area contributed by atoms with E-state index in [0.29, 0.717) is 18.7 Å². The van der Waals surface area contributed by atoms with Gasteiger partial charge in [0.05, 0.1) is 0 Å². The van der Waals surface area contributed by atoms with Gasteiger partial charge in [-0.3, -0.25) is 0 Å². The first-order valence-electron chi connectivity index (χ1n) is 7.85. The van der Waals surface area contributed by atoms with Crippen LogP contribution in [0.3, 0.4) is 0 Å². The molecule has 124 valence electrons. The molecule has 2 aromatic carbocycles. The molecule has 0 bridgehead atoms. The number of fused-ring (bicyclic) bond motifs is 1. The molecule has 0 aliphatic carbocycles. The van der Waals surface area contributed by atoms with Gasteiger partial charge in [-0.2, -0.15) is 0 Å². The van der Waals surface area contributed by atoms with Crippen LogP contribution < -0.4 is 10.6 Å². The Morgan fingerprint density at radius 3 is 2.83 bits per heavy atom. The van der Waals surface area contributed by atoms with E-state index in [-0.39, 0.29) is 11.8 Å². The highest BCUT2D eigenvalue weighted by Gasteiger charge is 2.05. The standard InChI is InChI=1S/C19H19FN2OS/c1-13-10-14(6-7-17(13)20)11-22-19(23)21-9-8-15-12-24-18-5-3-2-4-16(15)18/h2-7,10,12H,8-9,11H2,1H3,(H2,21,22,23). The van der Waals surface area contributed by atoms with Gasteiger partial charge in [-0.15, -0.1) is 11.3 Å². The van der Waals surface area contributed by atoms with Crippen LogP contribution in [0.15, 0.2) is 47.8 Å². The highest BCUT2D eigenvalue weighted by atomic mass is 32.1. The van der Waals surface area contributed by atoms with Crippen molar-refractivity contribution in [2.75, 3.05) is 6.54 Å². The summed E-state index contributed by atoms with van der Waals surface area (Å²) in [7, 11) is 0. The molecule has 5 heteroatoms. The second-order valence-corrected chi connectivity index (χ2v) is 6.61. The molecule has 0 atom stereocenters. The number of thiophene rings is 1. The first kappa shape index (κ1) is 16.5. The van der Waals surface area contributed by atoms with Crippen LogP contribution in [-0.4, -0.2) is 12.6 Å². The van der Waals surface area contributed by atoms with Gasteiger partial charge in [-0.25, -0.2) is 9.18 Å². The number of rotatable bonds is 5. The van der Waals surface area contributed by atoms with Crippen molar-refractivity contribution < 1.29 is 9.18 Å². The Balaban J connectivity index is 1.46. The predicted octanol–water partition coefficient (Wildman–Crippen LogP) is 4.39. The monoisotopic (exact) mass is 342 g/mol. The summed E-state index contributed by atoms with van der Waals surface area (Å²) in [5.74, 6) is -0.230. The normalized spacial score (nSPS) is 10.8. The number of carbonyl (C=O) groups excluding carboxylic acids is 1. The largest absolute Gasteiger partial charge is 0.338 e. The molecule has 0 aliphatic rings. The van der Waals surface area contributed by atoms with Crippen LogP contribution in [0.4, 0.5) is 9.18 Å². The van der Waals surface area contributed by atoms with Crippen molar-refractivity contribution in [3.63, 3.8) is 0 Å². The molecule has 2 amide bonds. The van der Waals surface area contributed by atoms with Crippen molar-refractivity contribution in [1.82, 2.24) is 10.6 Å². The van der Waals surface area contributed by atoms with Gasteiger partial charge in [0.1, 0.15) is 5.82 Å². The van der Waals surface area contributed by atoms with Gasteiger partial charge < -0.3 is 10.6 Å². The summed E-state index contributed by atoms with van der Waals surface area (Å²) in [4.78, 5) is 11.9. The predicted molar refractivity (Wildman–Crippen MR) is 96.9 cm³/mol. The van der Waals surface area contributed by atoms with E-state index in [9.17, 15) is 9.18 Å². The van der Waals surface area contributed by atoms with Crippen molar-refractivity contribution in [3.8, 4) is 0 Å². The van der Waals surface area contributed by atoms with Crippen molar-refractivity contribution in [3.05, 3.63) is 70.4 Å². The third kappa shape index (κ3) is 3.92. The van der Waals surface area contributed by atoms with E-state index in [2.05, 4.69) is 28.1 Å². The summed E-state index contributed by atoms with van der Waals surface area (Å²) in [6.07, 6.45) is 0.799. The molecule has 0 saturated heterocycles. The maximum atomic E-state index is 13.2. The summed E-state index contributed by atoms with van der Waals surface area (Å²) in [6, 6.07) is 12.9. The van der Waals surface area contributed by atoms with E-state index in [1.807, 2.05) is 12.1 Å². The Hall–Kier alpha value is -2.40. The average molecular weight is 342 g/mol. The summed E-state index contributed by atoms with van der Waals surface area (Å²) in [5, 5.41) is 9.06. The lowest BCUT2D eigenvalue weighted by Gasteiger charge is -2.08. The summed E-state index contributed by atoms with van der Waals surface area (Å²) in [6.45, 7) is 2.67. The molecule has 3 rings (SSSR count). The minimum atomic E-state index is -0.230.